The summed E-state index contributed by atoms with van der Waals surface area (Å²) in [5, 5.41) is 10.3. The van der Waals surface area contributed by atoms with Gasteiger partial charge in [-0.2, -0.15) is 0 Å². The zero-order valence-electron chi connectivity index (χ0n) is 12.1. The van der Waals surface area contributed by atoms with Gasteiger partial charge in [0, 0.05) is 5.69 Å². The molecule has 0 heterocycles. The predicted molar refractivity (Wildman–Crippen MR) is 84.6 cm³/mol. The van der Waals surface area contributed by atoms with Crippen LogP contribution < -0.4 is 20.5 Å². The van der Waals surface area contributed by atoms with E-state index in [9.17, 15) is 4.79 Å². The van der Waals surface area contributed by atoms with E-state index >= 15 is 0 Å². The Morgan fingerprint density at radius 3 is 2.55 bits per heavy atom. The Hall–Kier alpha value is -3.02. The molecule has 0 unspecified atom stereocenters. The molecule has 0 spiro atoms. The van der Waals surface area contributed by atoms with Gasteiger partial charge in [-0.1, -0.05) is 24.3 Å². The molecule has 0 saturated heterocycles. The van der Waals surface area contributed by atoms with E-state index in [2.05, 4.69) is 5.32 Å². The number of para-hydroxylation sites is 2. The lowest BCUT2D eigenvalue weighted by Gasteiger charge is -2.14. The molecular weight excluding hydrogens is 282 g/mol. The number of hydrogen-bond donors (Lipinski definition) is 3. The summed E-state index contributed by atoms with van der Waals surface area (Å²) in [5.74, 6) is 0.227. The normalized spacial score (nSPS) is 9.86. The number of nitrogens with two attached hydrogens (primary N) is 1. The van der Waals surface area contributed by atoms with Crippen molar-refractivity contribution < 1.29 is 14.3 Å². The molecule has 2 aromatic rings. The Morgan fingerprint density at radius 1 is 1.18 bits per heavy atom. The maximum Gasteiger partial charge on any atom is 0.262 e. The first-order chi connectivity index (χ1) is 10.6. The van der Waals surface area contributed by atoms with Crippen LogP contribution in [0.5, 0.6) is 11.5 Å². The number of nitrogen functional groups attached to an aromatic ring is 1. The average Bonchev–Trinajstić information content (AvgIpc) is 2.53. The van der Waals surface area contributed by atoms with Crippen molar-refractivity contribution in [2.24, 2.45) is 5.73 Å². The summed E-state index contributed by atoms with van der Waals surface area (Å²) in [7, 11) is 1.48. The monoisotopic (exact) mass is 299 g/mol. The van der Waals surface area contributed by atoms with Crippen LogP contribution in [0.1, 0.15) is 5.56 Å². The van der Waals surface area contributed by atoms with Crippen LogP contribution in [0, 0.1) is 5.41 Å². The summed E-state index contributed by atoms with van der Waals surface area (Å²) in [6, 6.07) is 14.1. The molecule has 0 aliphatic rings. The summed E-state index contributed by atoms with van der Waals surface area (Å²) < 4.78 is 10.7. The second kappa shape index (κ2) is 7.12. The zero-order chi connectivity index (χ0) is 15.9. The van der Waals surface area contributed by atoms with Crippen molar-refractivity contribution in [3.05, 3.63) is 54.1 Å². The number of carbonyl (C=O) groups excluding carboxylic acids is 1. The standard InChI is InChI=1S/C16H17N3O3/c1-21-13-9-5-8-12(16(17)18)15(13)22-10-14(20)19-11-6-3-2-4-7-11/h2-9H,10H2,1H3,(H3,17,18)(H,19,20). The van der Waals surface area contributed by atoms with Gasteiger partial charge in [0.1, 0.15) is 5.84 Å². The number of carbonyl (C=O) groups is 1. The Kier molecular flexibility index (Phi) is 4.98. The van der Waals surface area contributed by atoms with Gasteiger partial charge in [0.05, 0.1) is 12.7 Å². The van der Waals surface area contributed by atoms with Gasteiger partial charge >= 0.3 is 0 Å². The molecule has 0 aliphatic heterocycles. The molecule has 0 aliphatic carbocycles. The first-order valence-electron chi connectivity index (χ1n) is 6.61. The third-order valence-corrected chi connectivity index (χ3v) is 2.89. The maximum absolute atomic E-state index is 11.9. The molecule has 0 fully saturated rings. The van der Waals surface area contributed by atoms with Crippen LogP contribution in [-0.2, 0) is 4.79 Å². The summed E-state index contributed by atoms with van der Waals surface area (Å²) in [4.78, 5) is 11.9. The highest BCUT2D eigenvalue weighted by Gasteiger charge is 2.14. The Morgan fingerprint density at radius 2 is 1.91 bits per heavy atom. The molecule has 4 N–H and O–H groups in total. The zero-order valence-corrected chi connectivity index (χ0v) is 12.1. The molecule has 6 nitrogen and oxygen atoms in total. The van der Waals surface area contributed by atoms with E-state index < -0.39 is 0 Å². The largest absolute Gasteiger partial charge is 0.493 e. The van der Waals surface area contributed by atoms with Crippen molar-refractivity contribution in [3.63, 3.8) is 0 Å². The smallest absolute Gasteiger partial charge is 0.262 e. The number of rotatable bonds is 6. The quantitative estimate of drug-likeness (QED) is 0.561. The van der Waals surface area contributed by atoms with Gasteiger partial charge in [-0.3, -0.25) is 10.2 Å². The number of anilines is 1. The van der Waals surface area contributed by atoms with Crippen LogP contribution in [0.3, 0.4) is 0 Å². The number of methoxy groups -OCH3 is 1. The van der Waals surface area contributed by atoms with Gasteiger partial charge in [0.25, 0.3) is 5.91 Å². The van der Waals surface area contributed by atoms with Gasteiger partial charge < -0.3 is 20.5 Å². The first-order valence-corrected chi connectivity index (χ1v) is 6.61. The van der Waals surface area contributed by atoms with Gasteiger partial charge in [-0.05, 0) is 24.3 Å². The highest BCUT2D eigenvalue weighted by Crippen LogP contribution is 2.30. The SMILES string of the molecule is COc1cccc(C(=N)N)c1OCC(=O)Nc1ccccc1. The van der Waals surface area contributed by atoms with Crippen molar-refractivity contribution in [2.75, 3.05) is 19.0 Å². The van der Waals surface area contributed by atoms with Crippen LogP contribution in [0.4, 0.5) is 5.69 Å². The fourth-order valence-electron chi connectivity index (χ4n) is 1.89. The number of amidine groups is 1. The molecule has 0 bridgehead atoms. The minimum absolute atomic E-state index is 0.155. The van der Waals surface area contributed by atoms with Gasteiger partial charge in [-0.25, -0.2) is 0 Å². The molecule has 1 amide bonds. The van der Waals surface area contributed by atoms with Crippen LogP contribution in [0.25, 0.3) is 0 Å². The number of hydrogen-bond acceptors (Lipinski definition) is 4. The van der Waals surface area contributed by atoms with Crippen LogP contribution >= 0.6 is 0 Å². The molecule has 2 rings (SSSR count). The predicted octanol–water partition coefficient (Wildman–Crippen LogP) is 2.00. The van der Waals surface area contributed by atoms with E-state index in [0.29, 0.717) is 17.0 Å². The molecule has 0 radical (unpaired) electrons. The van der Waals surface area contributed by atoms with E-state index in [0.717, 1.165) is 0 Å². The lowest BCUT2D eigenvalue weighted by molar-refractivity contribution is -0.118. The molecule has 0 aromatic heterocycles. The average molecular weight is 299 g/mol. The molecule has 22 heavy (non-hydrogen) atoms. The van der Waals surface area contributed by atoms with E-state index in [1.807, 2.05) is 18.2 Å². The number of benzene rings is 2. The number of ether oxygens (including phenoxy) is 2. The van der Waals surface area contributed by atoms with Crippen molar-refractivity contribution >= 4 is 17.4 Å². The minimum atomic E-state index is -0.313. The number of amides is 1. The molecule has 2 aromatic carbocycles. The fourth-order valence-corrected chi connectivity index (χ4v) is 1.89. The lowest BCUT2D eigenvalue weighted by Crippen LogP contribution is -2.22. The third-order valence-electron chi connectivity index (χ3n) is 2.89. The van der Waals surface area contributed by atoms with Crippen molar-refractivity contribution in [2.45, 2.75) is 0 Å². The van der Waals surface area contributed by atoms with Crippen LogP contribution in [0.15, 0.2) is 48.5 Å². The van der Waals surface area contributed by atoms with Crippen LogP contribution in [0.2, 0.25) is 0 Å². The lowest BCUT2D eigenvalue weighted by atomic mass is 10.1. The Labute approximate surface area is 128 Å². The summed E-state index contributed by atoms with van der Waals surface area (Å²) in [5.41, 5.74) is 6.58. The highest BCUT2D eigenvalue weighted by atomic mass is 16.5. The molecule has 0 atom stereocenters. The first kappa shape index (κ1) is 15.4. The topological polar surface area (TPSA) is 97.4 Å². The highest BCUT2D eigenvalue weighted by molar-refractivity contribution is 5.98. The second-order valence-electron chi connectivity index (χ2n) is 4.45. The van der Waals surface area contributed by atoms with E-state index in [1.165, 1.54) is 7.11 Å². The minimum Gasteiger partial charge on any atom is -0.493 e. The van der Waals surface area contributed by atoms with Gasteiger partial charge in [0.2, 0.25) is 0 Å². The Bertz CT molecular complexity index is 672. The van der Waals surface area contributed by atoms with Crippen molar-refractivity contribution in [3.8, 4) is 11.5 Å². The summed E-state index contributed by atoms with van der Waals surface area (Å²) in [6.45, 7) is -0.213. The molecule has 6 heteroatoms. The fraction of sp³-hybridized carbons (Fsp3) is 0.125. The van der Waals surface area contributed by atoms with Crippen molar-refractivity contribution in [1.82, 2.24) is 0 Å². The van der Waals surface area contributed by atoms with Crippen molar-refractivity contribution in [1.29, 1.82) is 5.41 Å². The summed E-state index contributed by atoms with van der Waals surface area (Å²) >= 11 is 0. The maximum atomic E-state index is 11.9. The molecule has 0 saturated carbocycles. The summed E-state index contributed by atoms with van der Waals surface area (Å²) in [6.07, 6.45) is 0. The third kappa shape index (κ3) is 3.76. The Balaban J connectivity index is 2.08. The van der Waals surface area contributed by atoms with E-state index in [4.69, 9.17) is 20.6 Å². The van der Waals surface area contributed by atoms with Gasteiger partial charge in [0.15, 0.2) is 18.1 Å². The second-order valence-corrected chi connectivity index (χ2v) is 4.45. The van der Waals surface area contributed by atoms with E-state index in [-0.39, 0.29) is 24.1 Å². The molecular formula is C16H17N3O3. The van der Waals surface area contributed by atoms with Gasteiger partial charge in [-0.15, -0.1) is 0 Å². The van der Waals surface area contributed by atoms with E-state index in [1.54, 1.807) is 30.3 Å². The molecule has 114 valence electrons. The van der Waals surface area contributed by atoms with Crippen LogP contribution in [-0.4, -0.2) is 25.5 Å². The number of nitrogens with one attached hydrogen (secondary N) is 2.